The maximum atomic E-state index is 13.9. The van der Waals surface area contributed by atoms with Gasteiger partial charge in [-0.2, -0.15) is 12.5 Å². The van der Waals surface area contributed by atoms with Crippen LogP contribution in [0.15, 0.2) is 59.8 Å². The van der Waals surface area contributed by atoms with Crippen molar-refractivity contribution >= 4 is 15.9 Å². The number of carbonyl (C=O) groups is 1. The molecular formula is C18H21N3O4S. The summed E-state index contributed by atoms with van der Waals surface area (Å²) in [5.41, 5.74) is 0.0826. The Kier molecular flexibility index (Phi) is 5.47. The number of sulfonamides is 1. The molecule has 1 aromatic carbocycles. The molecule has 26 heavy (non-hydrogen) atoms. The molecular weight excluding hydrogens is 354 g/mol. The molecule has 8 heteroatoms. The smallest absolute Gasteiger partial charge is 0.361 e. The van der Waals surface area contributed by atoms with E-state index in [1.165, 1.54) is 30.5 Å². The molecule has 3 rings (SSSR count). The summed E-state index contributed by atoms with van der Waals surface area (Å²) in [6.45, 7) is 1.19. The van der Waals surface area contributed by atoms with E-state index in [-0.39, 0.29) is 10.6 Å². The Balaban J connectivity index is 2.14. The largest absolute Gasteiger partial charge is 0.608 e. The summed E-state index contributed by atoms with van der Waals surface area (Å²) in [6, 6.07) is 11.3. The van der Waals surface area contributed by atoms with Crippen LogP contribution in [0.2, 0.25) is 0 Å². The number of benzene rings is 1. The number of nitrogens with zero attached hydrogens (tertiary/aromatic N) is 2. The van der Waals surface area contributed by atoms with Crippen LogP contribution < -0.4 is 5.32 Å². The van der Waals surface area contributed by atoms with E-state index in [4.69, 9.17) is 0 Å². The molecule has 0 aliphatic carbocycles. The van der Waals surface area contributed by atoms with Gasteiger partial charge >= 0.3 is 15.9 Å². The van der Waals surface area contributed by atoms with Gasteiger partial charge in [0.1, 0.15) is 6.04 Å². The average molecular weight is 375 g/mol. The first kappa shape index (κ1) is 18.7. The normalized spacial score (nSPS) is 20.7. The highest BCUT2D eigenvalue weighted by atomic mass is 32.2. The second-order valence-electron chi connectivity index (χ2n) is 6.25. The number of rotatable bonds is 4. The molecule has 1 saturated heterocycles. The lowest BCUT2D eigenvalue weighted by Gasteiger charge is -2.43. The van der Waals surface area contributed by atoms with Gasteiger partial charge in [0.25, 0.3) is 0 Å². The highest BCUT2D eigenvalue weighted by molar-refractivity contribution is 7.86. The van der Waals surface area contributed by atoms with Gasteiger partial charge in [0.2, 0.25) is 5.03 Å². The lowest BCUT2D eigenvalue weighted by Crippen LogP contribution is -2.58. The molecule has 1 amide bonds. The van der Waals surface area contributed by atoms with Crippen molar-refractivity contribution in [3.63, 3.8) is 0 Å². The first-order valence-corrected chi connectivity index (χ1v) is 9.98. The van der Waals surface area contributed by atoms with Gasteiger partial charge in [-0.1, -0.05) is 24.3 Å². The van der Waals surface area contributed by atoms with Crippen molar-refractivity contribution < 1.29 is 17.3 Å². The zero-order valence-electron chi connectivity index (χ0n) is 14.2. The third-order valence-electron chi connectivity index (χ3n) is 4.59. The fraction of sp³-hybridized carbons (Fsp3) is 0.333. The van der Waals surface area contributed by atoms with E-state index in [1.807, 2.05) is 0 Å². The minimum Gasteiger partial charge on any atom is -0.608 e. The number of pyridine rings is 1. The number of carbonyl (C=O) groups excluding carboxylic acids is 1. The van der Waals surface area contributed by atoms with Crippen LogP contribution in [0.3, 0.4) is 0 Å². The number of hydrogen-bond acceptors (Lipinski definition) is 6. The topological polar surface area (TPSA) is 99.2 Å². The molecule has 2 heterocycles. The number of hydrogen-bond donors (Lipinski definition) is 1. The van der Waals surface area contributed by atoms with Crippen molar-refractivity contribution in [2.45, 2.75) is 30.3 Å². The van der Waals surface area contributed by atoms with E-state index in [0.29, 0.717) is 32.4 Å². The second kappa shape index (κ2) is 7.63. The molecule has 1 aliphatic rings. The van der Waals surface area contributed by atoms with E-state index >= 15 is 0 Å². The standard InChI is InChI=1S/C18H21N3O4S/c22-18(15-7-2-1-3-8-15)21(23,16-9-6-12-19-14-11-16)26(24,25)17-10-4-5-13-20-17/h1-5,7-8,10,13,16,19H,6,9,11-12,14H2/t16?,21-/m0/s1. The van der Waals surface area contributed by atoms with Gasteiger partial charge in [-0.25, -0.2) is 9.78 Å². The van der Waals surface area contributed by atoms with E-state index in [1.54, 1.807) is 24.3 Å². The number of nitrogens with one attached hydrogen (secondary N) is 1. The number of aromatic nitrogens is 1. The van der Waals surface area contributed by atoms with Crippen molar-refractivity contribution in [1.29, 1.82) is 0 Å². The molecule has 0 saturated carbocycles. The summed E-state index contributed by atoms with van der Waals surface area (Å²) >= 11 is 0. The quantitative estimate of drug-likeness (QED) is 0.649. The summed E-state index contributed by atoms with van der Waals surface area (Å²) < 4.78 is 24.5. The van der Waals surface area contributed by atoms with Crippen LogP contribution in [-0.2, 0) is 10.0 Å². The van der Waals surface area contributed by atoms with Gasteiger partial charge < -0.3 is 10.5 Å². The first-order valence-electron chi connectivity index (χ1n) is 8.54. The van der Waals surface area contributed by atoms with Crippen LogP contribution in [0.5, 0.6) is 0 Å². The van der Waals surface area contributed by atoms with E-state index < -0.39 is 26.0 Å². The number of hydroxylamine groups is 2. The first-order chi connectivity index (χ1) is 12.5. The van der Waals surface area contributed by atoms with Crippen molar-refractivity contribution in [1.82, 2.24) is 10.3 Å². The predicted molar refractivity (Wildman–Crippen MR) is 96.3 cm³/mol. The van der Waals surface area contributed by atoms with Gasteiger partial charge in [0.05, 0.1) is 5.56 Å². The molecule has 2 atom stereocenters. The minimum absolute atomic E-state index is 0.0826. The van der Waals surface area contributed by atoms with Crippen LogP contribution in [0, 0.1) is 5.21 Å². The molecule has 138 valence electrons. The van der Waals surface area contributed by atoms with Crippen LogP contribution in [0.4, 0.5) is 0 Å². The Morgan fingerprint density at radius 2 is 1.81 bits per heavy atom. The molecule has 0 bridgehead atoms. The summed E-state index contributed by atoms with van der Waals surface area (Å²) in [5, 5.41) is 16.6. The monoisotopic (exact) mass is 375 g/mol. The van der Waals surface area contributed by atoms with Crippen molar-refractivity contribution in [2.24, 2.45) is 0 Å². The van der Waals surface area contributed by atoms with Gasteiger partial charge in [-0.15, -0.1) is 0 Å². The Morgan fingerprint density at radius 3 is 2.50 bits per heavy atom. The third-order valence-corrected chi connectivity index (χ3v) is 6.54. The molecule has 2 aromatic rings. The van der Waals surface area contributed by atoms with E-state index in [0.717, 1.165) is 0 Å². The molecule has 0 spiro atoms. The van der Waals surface area contributed by atoms with E-state index in [2.05, 4.69) is 10.3 Å². The second-order valence-corrected chi connectivity index (χ2v) is 8.16. The molecule has 1 N–H and O–H groups in total. The number of amides is 1. The molecule has 1 aromatic heterocycles. The lowest BCUT2D eigenvalue weighted by molar-refractivity contribution is -0.697. The Morgan fingerprint density at radius 1 is 1.08 bits per heavy atom. The maximum Gasteiger partial charge on any atom is 0.361 e. The summed E-state index contributed by atoms with van der Waals surface area (Å²) in [4.78, 5) is 17.0. The molecule has 1 aliphatic heterocycles. The lowest BCUT2D eigenvalue weighted by atomic mass is 10.1. The van der Waals surface area contributed by atoms with Crippen molar-refractivity contribution in [3.8, 4) is 0 Å². The Hall–Kier alpha value is -2.13. The molecule has 0 radical (unpaired) electrons. The Labute approximate surface area is 152 Å². The Bertz CT molecular complexity index is 851. The summed E-state index contributed by atoms with van der Waals surface area (Å²) in [5.74, 6) is -0.969. The predicted octanol–water partition coefficient (Wildman–Crippen LogP) is 2.07. The zero-order valence-corrected chi connectivity index (χ0v) is 15.1. The number of quaternary nitrogens is 1. The fourth-order valence-electron chi connectivity index (χ4n) is 3.21. The summed E-state index contributed by atoms with van der Waals surface area (Å²) in [7, 11) is -4.57. The van der Waals surface area contributed by atoms with Crippen molar-refractivity contribution in [3.05, 3.63) is 65.5 Å². The van der Waals surface area contributed by atoms with Gasteiger partial charge in [0, 0.05) is 25.6 Å². The van der Waals surface area contributed by atoms with Crippen LogP contribution in [0.25, 0.3) is 0 Å². The van der Waals surface area contributed by atoms with Gasteiger partial charge in [0.15, 0.2) is 0 Å². The van der Waals surface area contributed by atoms with E-state index in [9.17, 15) is 18.4 Å². The molecule has 1 fully saturated rings. The zero-order chi connectivity index (χ0) is 18.6. The van der Waals surface area contributed by atoms with Crippen LogP contribution in [0.1, 0.15) is 29.6 Å². The van der Waals surface area contributed by atoms with Crippen LogP contribution >= 0.6 is 0 Å². The maximum absolute atomic E-state index is 13.9. The minimum atomic E-state index is -4.57. The van der Waals surface area contributed by atoms with Crippen LogP contribution in [-0.4, -0.2) is 42.5 Å². The average Bonchev–Trinajstić information content (AvgIpc) is 2.98. The SMILES string of the molecule is O=C(c1ccccc1)[N@+]([O-])(C1CCCNCC1)S(=O)(=O)c1ccccn1. The fourth-order valence-corrected chi connectivity index (χ4v) is 4.86. The van der Waals surface area contributed by atoms with Gasteiger partial charge in [-0.05, 0) is 37.2 Å². The van der Waals surface area contributed by atoms with Gasteiger partial charge in [-0.3, -0.25) is 0 Å². The molecule has 7 nitrogen and oxygen atoms in total. The highest BCUT2D eigenvalue weighted by Crippen LogP contribution is 2.32. The highest BCUT2D eigenvalue weighted by Gasteiger charge is 2.49. The third kappa shape index (κ3) is 3.28. The van der Waals surface area contributed by atoms with Crippen molar-refractivity contribution in [2.75, 3.05) is 13.1 Å². The molecule has 1 unspecified atom stereocenters. The summed E-state index contributed by atoms with van der Waals surface area (Å²) in [6.07, 6.45) is 2.58.